The van der Waals surface area contributed by atoms with Gasteiger partial charge < -0.3 is 9.14 Å². The van der Waals surface area contributed by atoms with Crippen molar-refractivity contribution in [2.75, 3.05) is 13.7 Å². The van der Waals surface area contributed by atoms with Gasteiger partial charge in [0.2, 0.25) is 0 Å². The zero-order valence-corrected chi connectivity index (χ0v) is 13.5. The van der Waals surface area contributed by atoms with Gasteiger partial charge in [0.05, 0.1) is 18.2 Å². The molecule has 1 aliphatic carbocycles. The summed E-state index contributed by atoms with van der Waals surface area (Å²) >= 11 is 0. The van der Waals surface area contributed by atoms with Crippen LogP contribution in [0.5, 0.6) is 0 Å². The van der Waals surface area contributed by atoms with Crippen molar-refractivity contribution in [3.05, 3.63) is 30.2 Å². The molecule has 2 fully saturated rings. The number of piperidine rings is 1. The van der Waals surface area contributed by atoms with Gasteiger partial charge in [0.1, 0.15) is 6.33 Å². The number of rotatable bonds is 3. The number of hydrogen-bond acceptors (Lipinski definition) is 5. The highest BCUT2D eigenvalue weighted by Crippen LogP contribution is 2.45. The molecule has 0 aromatic carbocycles. The first-order chi connectivity index (χ1) is 11.0. The lowest BCUT2D eigenvalue weighted by Gasteiger charge is -2.25. The third-order valence-corrected chi connectivity index (χ3v) is 6.55. The van der Waals surface area contributed by atoms with E-state index in [1.165, 1.54) is 19.6 Å². The summed E-state index contributed by atoms with van der Waals surface area (Å²) in [6.45, 7) is 0.558. The van der Waals surface area contributed by atoms with Crippen LogP contribution in [0.25, 0.3) is 5.52 Å². The van der Waals surface area contributed by atoms with Crippen LogP contribution in [0.4, 0.5) is 0 Å². The van der Waals surface area contributed by atoms with Crippen LogP contribution in [0.2, 0.25) is 0 Å². The number of ether oxygens (including phenoxy) is 1. The molecule has 0 spiro atoms. The summed E-state index contributed by atoms with van der Waals surface area (Å²) in [5, 5.41) is 0.0569. The first kappa shape index (κ1) is 14.6. The van der Waals surface area contributed by atoms with Crippen LogP contribution in [-0.4, -0.2) is 47.8 Å². The third-order valence-electron chi connectivity index (χ3n) is 4.68. The minimum absolute atomic E-state index is 0.0569. The molecule has 8 heteroatoms. The summed E-state index contributed by atoms with van der Waals surface area (Å²) < 4.78 is 33.7. The Morgan fingerprint density at radius 1 is 1.39 bits per heavy atom. The van der Waals surface area contributed by atoms with E-state index in [1.807, 2.05) is 0 Å². The summed E-state index contributed by atoms with van der Waals surface area (Å²) in [7, 11) is -2.30. The second-order valence-electron chi connectivity index (χ2n) is 6.07. The topological polar surface area (TPSA) is 81.0 Å². The van der Waals surface area contributed by atoms with Gasteiger partial charge in [0, 0.05) is 18.8 Å². The highest BCUT2D eigenvalue weighted by atomic mass is 32.2. The fourth-order valence-corrected chi connectivity index (χ4v) is 5.22. The van der Waals surface area contributed by atoms with Crippen molar-refractivity contribution in [1.29, 1.82) is 0 Å². The van der Waals surface area contributed by atoms with Crippen molar-refractivity contribution >= 4 is 21.5 Å². The van der Waals surface area contributed by atoms with Gasteiger partial charge in [-0.1, -0.05) is 0 Å². The molecular formula is C15H17N3O4S. The van der Waals surface area contributed by atoms with Crippen molar-refractivity contribution in [2.45, 2.75) is 30.3 Å². The van der Waals surface area contributed by atoms with Gasteiger partial charge >= 0.3 is 5.97 Å². The number of imidazole rings is 1. The summed E-state index contributed by atoms with van der Waals surface area (Å²) in [5.41, 5.74) is 0.821. The Morgan fingerprint density at radius 3 is 3.00 bits per heavy atom. The molecule has 2 aliphatic rings. The second-order valence-corrected chi connectivity index (χ2v) is 7.88. The summed E-state index contributed by atoms with van der Waals surface area (Å²) in [4.78, 5) is 15.7. The van der Waals surface area contributed by atoms with Gasteiger partial charge in [-0.3, -0.25) is 0 Å². The molecule has 2 atom stereocenters. The van der Waals surface area contributed by atoms with Crippen LogP contribution >= 0.6 is 0 Å². The Balaban J connectivity index is 1.75. The van der Waals surface area contributed by atoms with E-state index in [0.717, 1.165) is 19.3 Å². The summed E-state index contributed by atoms with van der Waals surface area (Å²) in [5.74, 6) is 0.0418. The quantitative estimate of drug-likeness (QED) is 0.790. The number of fused-ring (bicyclic) bond motifs is 2. The molecule has 122 valence electrons. The predicted molar refractivity (Wildman–Crippen MR) is 81.6 cm³/mol. The standard InChI is InChI=1S/C15H17N3O4S/c1-22-15(19)11-4-5-12-14(16-9-17(12)8-11)23(20,21)18-6-2-3-10-7-13(10)18/h4-5,8-10,13H,2-3,6-7H2,1H3. The van der Waals surface area contributed by atoms with E-state index in [9.17, 15) is 13.2 Å². The number of pyridine rings is 1. The van der Waals surface area contributed by atoms with Crippen molar-refractivity contribution in [3.8, 4) is 0 Å². The fourth-order valence-electron chi connectivity index (χ4n) is 3.39. The molecule has 2 unspecified atom stereocenters. The SMILES string of the molecule is COC(=O)c1ccc2c(S(=O)(=O)N3CCCC4CC43)ncn2c1. The maximum Gasteiger partial charge on any atom is 0.339 e. The Morgan fingerprint density at radius 2 is 2.22 bits per heavy atom. The second kappa shape index (κ2) is 5.04. The van der Waals surface area contributed by atoms with Crippen LogP contribution < -0.4 is 0 Å². The van der Waals surface area contributed by atoms with Crippen molar-refractivity contribution in [1.82, 2.24) is 13.7 Å². The minimum Gasteiger partial charge on any atom is -0.465 e. The van der Waals surface area contributed by atoms with Crippen LogP contribution in [0.15, 0.2) is 29.7 Å². The number of esters is 1. The average Bonchev–Trinajstić information content (AvgIpc) is 3.22. The molecule has 2 aromatic heterocycles. The van der Waals surface area contributed by atoms with Crippen LogP contribution in [0.1, 0.15) is 29.6 Å². The Kier molecular flexibility index (Phi) is 3.21. The van der Waals surface area contributed by atoms with Gasteiger partial charge in [-0.15, -0.1) is 0 Å². The number of methoxy groups -OCH3 is 1. The van der Waals surface area contributed by atoms with E-state index in [-0.39, 0.29) is 11.1 Å². The van der Waals surface area contributed by atoms with Gasteiger partial charge in [-0.05, 0) is 37.3 Å². The molecule has 0 bridgehead atoms. The Bertz CT molecular complexity index is 889. The Labute approximate surface area is 133 Å². The predicted octanol–water partition coefficient (Wildman–Crippen LogP) is 1.29. The van der Waals surface area contributed by atoms with Gasteiger partial charge in [-0.25, -0.2) is 18.2 Å². The first-order valence-corrected chi connectivity index (χ1v) is 9.03. The average molecular weight is 335 g/mol. The van der Waals surface area contributed by atoms with E-state index in [1.54, 1.807) is 20.8 Å². The molecule has 1 saturated carbocycles. The van der Waals surface area contributed by atoms with Crippen LogP contribution in [-0.2, 0) is 14.8 Å². The highest BCUT2D eigenvalue weighted by molar-refractivity contribution is 7.89. The number of nitrogens with zero attached hydrogens (tertiary/aromatic N) is 3. The maximum atomic E-state index is 12.9. The van der Waals surface area contributed by atoms with Crippen molar-refractivity contribution < 1.29 is 17.9 Å². The summed E-state index contributed by atoms with van der Waals surface area (Å²) in [6, 6.07) is 3.29. The monoisotopic (exact) mass is 335 g/mol. The molecule has 0 radical (unpaired) electrons. The molecule has 23 heavy (non-hydrogen) atoms. The lowest BCUT2D eigenvalue weighted by molar-refractivity contribution is 0.0600. The Hall–Kier alpha value is -1.93. The molecule has 1 saturated heterocycles. The zero-order valence-electron chi connectivity index (χ0n) is 12.7. The summed E-state index contributed by atoms with van der Waals surface area (Å²) in [6.07, 6.45) is 5.92. The van der Waals surface area contributed by atoms with E-state index in [4.69, 9.17) is 0 Å². The number of aromatic nitrogens is 2. The van der Waals surface area contributed by atoms with Crippen LogP contribution in [0, 0.1) is 5.92 Å². The van der Waals surface area contributed by atoms with Gasteiger partial charge in [-0.2, -0.15) is 4.31 Å². The lowest BCUT2D eigenvalue weighted by atomic mass is 10.2. The number of hydrogen-bond donors (Lipinski definition) is 0. The normalized spacial score (nSPS) is 24.4. The van der Waals surface area contributed by atoms with Gasteiger partial charge in [0.15, 0.2) is 5.03 Å². The lowest BCUT2D eigenvalue weighted by Crippen LogP contribution is -2.37. The number of sulfonamides is 1. The van der Waals surface area contributed by atoms with E-state index in [2.05, 4.69) is 9.72 Å². The van der Waals surface area contributed by atoms with E-state index < -0.39 is 16.0 Å². The molecule has 4 rings (SSSR count). The molecule has 3 heterocycles. The molecular weight excluding hydrogens is 318 g/mol. The largest absolute Gasteiger partial charge is 0.465 e. The number of carbonyl (C=O) groups is 1. The molecule has 7 nitrogen and oxygen atoms in total. The van der Waals surface area contributed by atoms with Crippen LogP contribution in [0.3, 0.4) is 0 Å². The van der Waals surface area contributed by atoms with Gasteiger partial charge in [0.25, 0.3) is 10.0 Å². The minimum atomic E-state index is -3.61. The number of carbonyl (C=O) groups excluding carboxylic acids is 1. The molecule has 0 N–H and O–H groups in total. The van der Waals surface area contributed by atoms with E-state index >= 15 is 0 Å². The van der Waals surface area contributed by atoms with Crippen molar-refractivity contribution in [3.63, 3.8) is 0 Å². The molecule has 0 amide bonds. The third kappa shape index (κ3) is 2.24. The first-order valence-electron chi connectivity index (χ1n) is 7.59. The molecule has 2 aromatic rings. The zero-order chi connectivity index (χ0) is 16.2. The smallest absolute Gasteiger partial charge is 0.339 e. The highest BCUT2D eigenvalue weighted by Gasteiger charge is 2.49. The maximum absolute atomic E-state index is 12.9. The van der Waals surface area contributed by atoms with Crippen molar-refractivity contribution in [2.24, 2.45) is 5.92 Å². The fraction of sp³-hybridized carbons (Fsp3) is 0.467. The molecule has 1 aliphatic heterocycles. The van der Waals surface area contributed by atoms with E-state index in [0.29, 0.717) is 23.5 Å².